The normalized spacial score (nSPS) is 14.3. The molecule has 0 aliphatic heterocycles. The molecule has 1 heterocycles. The molecule has 2 unspecified atom stereocenters. The van der Waals surface area contributed by atoms with Crippen LogP contribution in [0, 0.1) is 19.8 Å². The van der Waals surface area contributed by atoms with Crippen LogP contribution < -0.4 is 10.6 Å². The Bertz CT molecular complexity index is 440. The zero-order chi connectivity index (χ0) is 15.3. The number of rotatable bonds is 7. The van der Waals surface area contributed by atoms with Crippen molar-refractivity contribution in [3.63, 3.8) is 0 Å². The molecule has 20 heavy (non-hydrogen) atoms. The van der Waals surface area contributed by atoms with E-state index in [0.29, 0.717) is 5.92 Å². The molecule has 0 radical (unpaired) electrons. The highest BCUT2D eigenvalue weighted by Crippen LogP contribution is 2.26. The molecule has 0 bridgehead atoms. The summed E-state index contributed by atoms with van der Waals surface area (Å²) in [5.74, 6) is 0.705. The van der Waals surface area contributed by atoms with Gasteiger partial charge in [0.25, 0.3) is 0 Å². The summed E-state index contributed by atoms with van der Waals surface area (Å²) in [6.45, 7) is 13.4. The minimum Gasteiger partial charge on any atom is -0.355 e. The lowest BCUT2D eigenvalue weighted by Gasteiger charge is -2.20. The van der Waals surface area contributed by atoms with Gasteiger partial charge in [-0.25, -0.2) is 0 Å². The number of aryl methyl sites for hydroxylation is 2. The second kappa shape index (κ2) is 7.79. The summed E-state index contributed by atoms with van der Waals surface area (Å²) in [7, 11) is 0. The van der Waals surface area contributed by atoms with Crippen molar-refractivity contribution in [3.05, 3.63) is 21.4 Å². The first-order valence-electron chi connectivity index (χ1n) is 7.42. The van der Waals surface area contributed by atoms with Crippen LogP contribution in [0.5, 0.6) is 0 Å². The summed E-state index contributed by atoms with van der Waals surface area (Å²) in [6.07, 6.45) is 1.02. The largest absolute Gasteiger partial charge is 0.355 e. The van der Waals surface area contributed by atoms with Crippen molar-refractivity contribution in [2.75, 3.05) is 6.54 Å². The summed E-state index contributed by atoms with van der Waals surface area (Å²) in [4.78, 5) is 14.7. The Morgan fingerprint density at radius 3 is 2.40 bits per heavy atom. The van der Waals surface area contributed by atoms with Gasteiger partial charge in [-0.1, -0.05) is 13.8 Å². The Morgan fingerprint density at radius 1 is 1.25 bits per heavy atom. The smallest absolute Gasteiger partial charge is 0.236 e. The first-order valence-corrected chi connectivity index (χ1v) is 8.23. The topological polar surface area (TPSA) is 41.1 Å². The van der Waals surface area contributed by atoms with Gasteiger partial charge in [0, 0.05) is 22.3 Å². The van der Waals surface area contributed by atoms with Gasteiger partial charge in [-0.05, 0) is 51.7 Å². The van der Waals surface area contributed by atoms with E-state index in [2.05, 4.69) is 51.3 Å². The monoisotopic (exact) mass is 296 g/mol. The van der Waals surface area contributed by atoms with Gasteiger partial charge >= 0.3 is 0 Å². The first kappa shape index (κ1) is 17.2. The predicted molar refractivity (Wildman–Crippen MR) is 87.3 cm³/mol. The van der Waals surface area contributed by atoms with Gasteiger partial charge in [0.1, 0.15) is 0 Å². The van der Waals surface area contributed by atoms with Crippen LogP contribution in [0.4, 0.5) is 0 Å². The van der Waals surface area contributed by atoms with Crippen molar-refractivity contribution in [3.8, 4) is 0 Å². The van der Waals surface area contributed by atoms with Gasteiger partial charge in [-0.15, -0.1) is 11.3 Å². The fraction of sp³-hybridized carbons (Fsp3) is 0.688. The van der Waals surface area contributed by atoms with Crippen molar-refractivity contribution in [2.45, 2.75) is 60.0 Å². The Balaban J connectivity index is 2.46. The zero-order valence-corrected chi connectivity index (χ0v) is 14.4. The fourth-order valence-corrected chi connectivity index (χ4v) is 3.28. The molecule has 3 nitrogen and oxygen atoms in total. The summed E-state index contributed by atoms with van der Waals surface area (Å²) >= 11 is 1.81. The van der Waals surface area contributed by atoms with E-state index in [4.69, 9.17) is 0 Å². The lowest BCUT2D eigenvalue weighted by atomic mass is 10.1. The van der Waals surface area contributed by atoms with Crippen molar-refractivity contribution in [2.24, 2.45) is 5.92 Å². The molecule has 0 spiro atoms. The van der Waals surface area contributed by atoms with Gasteiger partial charge in [0.15, 0.2) is 0 Å². The van der Waals surface area contributed by atoms with Crippen LogP contribution in [0.1, 0.15) is 55.5 Å². The lowest BCUT2D eigenvalue weighted by Crippen LogP contribution is -2.43. The number of hydrogen-bond donors (Lipinski definition) is 2. The Hall–Kier alpha value is -0.870. The van der Waals surface area contributed by atoms with E-state index in [1.165, 1.54) is 15.3 Å². The predicted octanol–water partition coefficient (Wildman–Crippen LogP) is 3.57. The summed E-state index contributed by atoms with van der Waals surface area (Å²) < 4.78 is 0. The molecule has 0 fully saturated rings. The maximum Gasteiger partial charge on any atom is 0.236 e. The molecule has 1 aromatic heterocycles. The molecule has 2 N–H and O–H groups in total. The van der Waals surface area contributed by atoms with Crippen LogP contribution in [-0.2, 0) is 4.79 Å². The number of thiophene rings is 1. The first-order chi connectivity index (χ1) is 9.31. The average molecular weight is 296 g/mol. The molecule has 2 atom stereocenters. The van der Waals surface area contributed by atoms with Gasteiger partial charge in [0.05, 0.1) is 6.04 Å². The van der Waals surface area contributed by atoms with Crippen LogP contribution in [0.25, 0.3) is 0 Å². The van der Waals surface area contributed by atoms with Gasteiger partial charge in [-0.3, -0.25) is 10.1 Å². The highest BCUT2D eigenvalue weighted by atomic mass is 32.1. The van der Waals surface area contributed by atoms with Crippen LogP contribution in [0.3, 0.4) is 0 Å². The Labute approximate surface area is 127 Å². The molecule has 0 saturated heterocycles. The lowest BCUT2D eigenvalue weighted by molar-refractivity contribution is -0.122. The van der Waals surface area contributed by atoms with Gasteiger partial charge < -0.3 is 5.32 Å². The molecule has 114 valence electrons. The third kappa shape index (κ3) is 5.25. The second-order valence-corrected chi connectivity index (χ2v) is 7.41. The third-order valence-electron chi connectivity index (χ3n) is 3.46. The van der Waals surface area contributed by atoms with Crippen molar-refractivity contribution >= 4 is 17.2 Å². The zero-order valence-electron chi connectivity index (χ0n) is 13.5. The summed E-state index contributed by atoms with van der Waals surface area (Å²) in [5.41, 5.74) is 1.30. The Kier molecular flexibility index (Phi) is 6.69. The summed E-state index contributed by atoms with van der Waals surface area (Å²) in [5, 5.41) is 6.37. The highest BCUT2D eigenvalue weighted by molar-refractivity contribution is 7.12. The van der Waals surface area contributed by atoms with E-state index in [1.54, 1.807) is 0 Å². The molecule has 0 aromatic carbocycles. The van der Waals surface area contributed by atoms with E-state index in [1.807, 2.05) is 18.3 Å². The SMILES string of the molecule is Cc1cc(C(C)NC(C)C(=O)NCCC(C)C)c(C)s1. The molecule has 0 aliphatic rings. The number of nitrogens with one attached hydrogen (secondary N) is 2. The minimum absolute atomic E-state index is 0.0853. The fourth-order valence-electron chi connectivity index (χ4n) is 2.26. The van der Waals surface area contributed by atoms with E-state index in [0.717, 1.165) is 13.0 Å². The molecule has 0 aliphatic carbocycles. The van der Waals surface area contributed by atoms with E-state index in [-0.39, 0.29) is 18.0 Å². The van der Waals surface area contributed by atoms with Crippen molar-refractivity contribution in [1.29, 1.82) is 0 Å². The van der Waals surface area contributed by atoms with Crippen LogP contribution in [0.15, 0.2) is 6.07 Å². The molecular weight excluding hydrogens is 268 g/mol. The van der Waals surface area contributed by atoms with Crippen LogP contribution in [0.2, 0.25) is 0 Å². The molecule has 4 heteroatoms. The van der Waals surface area contributed by atoms with Crippen molar-refractivity contribution < 1.29 is 4.79 Å². The van der Waals surface area contributed by atoms with Crippen molar-refractivity contribution in [1.82, 2.24) is 10.6 Å². The molecular formula is C16H28N2OS. The number of hydrogen-bond acceptors (Lipinski definition) is 3. The van der Waals surface area contributed by atoms with Gasteiger partial charge in [0.2, 0.25) is 5.91 Å². The minimum atomic E-state index is -0.170. The van der Waals surface area contributed by atoms with E-state index >= 15 is 0 Å². The number of carbonyl (C=O) groups is 1. The van der Waals surface area contributed by atoms with Gasteiger partial charge in [-0.2, -0.15) is 0 Å². The second-order valence-electron chi connectivity index (χ2n) is 5.95. The average Bonchev–Trinajstić information content (AvgIpc) is 2.67. The molecule has 1 amide bonds. The Morgan fingerprint density at radius 2 is 1.90 bits per heavy atom. The molecule has 1 rings (SSSR count). The molecule has 1 aromatic rings. The number of carbonyl (C=O) groups excluding carboxylic acids is 1. The highest BCUT2D eigenvalue weighted by Gasteiger charge is 2.18. The quantitative estimate of drug-likeness (QED) is 0.807. The van der Waals surface area contributed by atoms with Crippen LogP contribution >= 0.6 is 11.3 Å². The van der Waals surface area contributed by atoms with E-state index in [9.17, 15) is 4.79 Å². The van der Waals surface area contributed by atoms with Crippen LogP contribution in [-0.4, -0.2) is 18.5 Å². The maximum atomic E-state index is 12.0. The molecule has 0 saturated carbocycles. The maximum absolute atomic E-state index is 12.0. The third-order valence-corrected chi connectivity index (χ3v) is 4.44. The summed E-state index contributed by atoms with van der Waals surface area (Å²) in [6, 6.07) is 2.24. The number of amides is 1. The van der Waals surface area contributed by atoms with E-state index < -0.39 is 0 Å². The standard InChI is InChI=1S/C16H28N2OS/c1-10(2)7-8-17-16(19)13(5)18-12(4)15-9-11(3)20-14(15)6/h9-10,12-13,18H,7-8H2,1-6H3,(H,17,19).